The highest BCUT2D eigenvalue weighted by Crippen LogP contribution is 2.41. The van der Waals surface area contributed by atoms with Gasteiger partial charge in [-0.3, -0.25) is 4.79 Å². The molecule has 1 heterocycles. The highest BCUT2D eigenvalue weighted by atomic mass is 35.5. The Labute approximate surface area is 237 Å². The average Bonchev–Trinajstić information content (AvgIpc) is 2.95. The first-order valence-corrected chi connectivity index (χ1v) is 13.5. The van der Waals surface area contributed by atoms with Gasteiger partial charge in [0.2, 0.25) is 0 Å². The summed E-state index contributed by atoms with van der Waals surface area (Å²) in [4.78, 5) is 25.1. The van der Waals surface area contributed by atoms with E-state index in [9.17, 15) is 14.8 Å². The third-order valence-electron chi connectivity index (χ3n) is 6.52. The molecule has 4 rings (SSSR count). The fourth-order valence-electron chi connectivity index (χ4n) is 4.42. The van der Waals surface area contributed by atoms with Crippen molar-refractivity contribution < 1.29 is 28.9 Å². The number of rotatable bonds is 10. The Hall–Kier alpha value is -3.30. The van der Waals surface area contributed by atoms with Crippen LogP contribution in [0.15, 0.2) is 54.6 Å². The molecular weight excluding hydrogens is 543 g/mol. The molecule has 0 saturated heterocycles. The lowest BCUT2D eigenvalue weighted by Gasteiger charge is -2.28. The van der Waals surface area contributed by atoms with E-state index in [1.165, 1.54) is 0 Å². The predicted molar refractivity (Wildman–Crippen MR) is 149 cm³/mol. The van der Waals surface area contributed by atoms with E-state index in [1.807, 2.05) is 12.1 Å². The highest BCUT2D eigenvalue weighted by Gasteiger charge is 2.33. The van der Waals surface area contributed by atoms with Crippen LogP contribution in [0, 0.1) is 5.21 Å². The Balaban J connectivity index is 1.34. The molecule has 0 spiro atoms. The van der Waals surface area contributed by atoms with E-state index >= 15 is 0 Å². The Morgan fingerprint density at radius 2 is 1.87 bits per heavy atom. The second kappa shape index (κ2) is 13.2. The Morgan fingerprint density at radius 3 is 2.59 bits per heavy atom. The van der Waals surface area contributed by atoms with Crippen molar-refractivity contribution in [2.24, 2.45) is 0 Å². The average molecular weight is 573 g/mol. The zero-order valence-corrected chi connectivity index (χ0v) is 23.2. The van der Waals surface area contributed by atoms with Crippen LogP contribution in [0.1, 0.15) is 47.2 Å². The summed E-state index contributed by atoms with van der Waals surface area (Å²) in [5.74, 6) is 0.837. The molecule has 0 saturated carbocycles. The quantitative estimate of drug-likeness (QED) is 0.263. The molecule has 3 aromatic carbocycles. The molecule has 39 heavy (non-hydrogen) atoms. The number of likely N-dealkylation sites (N-methyl/N-ethyl adjacent to an activating group) is 1. The summed E-state index contributed by atoms with van der Waals surface area (Å²) in [6.45, 7) is 2.65. The lowest BCUT2D eigenvalue weighted by molar-refractivity contribution is -0.763. The van der Waals surface area contributed by atoms with Crippen LogP contribution in [0.3, 0.4) is 0 Å². The number of fused-ring (bicyclic) bond motifs is 1. The number of halogens is 2. The van der Waals surface area contributed by atoms with Gasteiger partial charge in [0, 0.05) is 35.2 Å². The summed E-state index contributed by atoms with van der Waals surface area (Å²) in [6, 6.07) is 15.5. The zero-order chi connectivity index (χ0) is 27.9. The number of aryl methyl sites for hydroxylation is 1. The van der Waals surface area contributed by atoms with Crippen LogP contribution in [-0.4, -0.2) is 38.6 Å². The number of amides is 2. The zero-order valence-electron chi connectivity index (χ0n) is 21.7. The third kappa shape index (κ3) is 7.02. The molecule has 206 valence electrons. The first-order valence-electron chi connectivity index (χ1n) is 12.7. The Morgan fingerprint density at radius 1 is 1.10 bits per heavy atom. The molecule has 3 aromatic rings. The normalized spacial score (nSPS) is 15.1. The van der Waals surface area contributed by atoms with Gasteiger partial charge >= 0.3 is 5.91 Å². The number of quaternary nitrogens is 1. The minimum Gasteiger partial charge on any atom is -0.627 e. The molecule has 0 aromatic heterocycles. The van der Waals surface area contributed by atoms with Crippen LogP contribution in [0.5, 0.6) is 23.0 Å². The van der Waals surface area contributed by atoms with Crippen molar-refractivity contribution in [3.63, 3.8) is 0 Å². The molecule has 10 heteroatoms. The maximum Gasteiger partial charge on any atom is 0.319 e. The number of methoxy groups -OCH3 is 1. The van der Waals surface area contributed by atoms with E-state index in [2.05, 4.69) is 5.32 Å². The van der Waals surface area contributed by atoms with E-state index in [1.54, 1.807) is 56.5 Å². The highest BCUT2D eigenvalue weighted by molar-refractivity contribution is 6.32. The molecule has 0 bridgehead atoms. The molecule has 2 amide bonds. The summed E-state index contributed by atoms with van der Waals surface area (Å²) in [5.41, 5.74) is 2.11. The summed E-state index contributed by atoms with van der Waals surface area (Å²) >= 11 is 12.5. The van der Waals surface area contributed by atoms with Crippen LogP contribution in [0.2, 0.25) is 10.0 Å². The van der Waals surface area contributed by atoms with Gasteiger partial charge in [-0.15, -0.1) is 0 Å². The van der Waals surface area contributed by atoms with Crippen molar-refractivity contribution in [1.82, 2.24) is 5.32 Å². The molecular formula is C29H30Cl2N2O6. The third-order valence-corrected chi connectivity index (χ3v) is 7.05. The minimum absolute atomic E-state index is 0.160. The van der Waals surface area contributed by atoms with Crippen molar-refractivity contribution in [1.29, 1.82) is 0 Å². The number of hydrogen-bond donors (Lipinski definition) is 2. The minimum atomic E-state index is -0.571. The first-order chi connectivity index (χ1) is 18.8. The van der Waals surface area contributed by atoms with E-state index in [0.29, 0.717) is 58.0 Å². The maximum absolute atomic E-state index is 12.6. The molecule has 8 nitrogen and oxygen atoms in total. The number of benzene rings is 3. The van der Waals surface area contributed by atoms with Gasteiger partial charge in [0.05, 0.1) is 25.3 Å². The first kappa shape index (κ1) is 28.7. The van der Waals surface area contributed by atoms with Crippen LogP contribution in [0.4, 0.5) is 0 Å². The monoisotopic (exact) mass is 572 g/mol. The van der Waals surface area contributed by atoms with E-state index in [0.717, 1.165) is 24.2 Å². The van der Waals surface area contributed by atoms with Gasteiger partial charge in [-0.05, 0) is 67.8 Å². The number of hydroxylamine groups is 2. The number of carbonyl (C=O) groups is 2. The summed E-state index contributed by atoms with van der Waals surface area (Å²) < 4.78 is 17.0. The van der Waals surface area contributed by atoms with E-state index in [-0.39, 0.29) is 12.5 Å². The Kier molecular flexibility index (Phi) is 9.69. The molecule has 1 aliphatic rings. The maximum atomic E-state index is 12.6. The summed E-state index contributed by atoms with van der Waals surface area (Å²) in [5, 5.41) is 15.4. The summed E-state index contributed by atoms with van der Waals surface area (Å²) in [6.07, 6.45) is 1.90. The van der Waals surface area contributed by atoms with Gasteiger partial charge < -0.3 is 29.8 Å². The predicted octanol–water partition coefficient (Wildman–Crippen LogP) is 4.95. The van der Waals surface area contributed by atoms with Crippen molar-refractivity contribution in [3.8, 4) is 23.0 Å². The van der Waals surface area contributed by atoms with Crippen LogP contribution < -0.4 is 24.6 Å². The van der Waals surface area contributed by atoms with E-state index < -0.39 is 16.9 Å². The number of ether oxygens (including phenoxy) is 3. The van der Waals surface area contributed by atoms with Gasteiger partial charge in [0.15, 0.2) is 0 Å². The lowest BCUT2D eigenvalue weighted by atomic mass is 9.92. The van der Waals surface area contributed by atoms with Gasteiger partial charge in [0.1, 0.15) is 28.9 Å². The second-order valence-corrected chi connectivity index (χ2v) is 9.94. The van der Waals surface area contributed by atoms with Crippen LogP contribution in [0.25, 0.3) is 0 Å². The summed E-state index contributed by atoms with van der Waals surface area (Å²) in [7, 11) is 1.60. The van der Waals surface area contributed by atoms with Crippen molar-refractivity contribution in [2.75, 3.05) is 26.8 Å². The van der Waals surface area contributed by atoms with Crippen LogP contribution >= 0.6 is 23.2 Å². The molecule has 2 N–H and O–H groups in total. The SMILES string of the molecule is CC[NH+]([O-])C(=O)C1CCOc2cc(Oc3ccc(C(=O)NCCCc4ccc(Cl)cc4OC)cc3)c(Cl)cc21. The standard InChI is InChI=1S/C29H30Cl2N2O6/c1-3-33(36)29(35)22-12-14-38-26-17-27(24(31)16-23(22)26)39-21-10-7-19(8-11-21)28(34)32-13-4-5-18-6-9-20(30)15-25(18)37-2/h6-11,15-17,22,33H,3-5,12-14H2,1-2H3,(H,32,34). The fourth-order valence-corrected chi connectivity index (χ4v) is 4.79. The molecule has 0 fully saturated rings. The van der Waals surface area contributed by atoms with Crippen molar-refractivity contribution >= 4 is 35.0 Å². The largest absolute Gasteiger partial charge is 0.627 e. The number of nitrogens with one attached hydrogen (secondary N) is 2. The second-order valence-electron chi connectivity index (χ2n) is 9.09. The van der Waals surface area contributed by atoms with Gasteiger partial charge in [-0.25, -0.2) is 4.79 Å². The number of carbonyl (C=O) groups excluding carboxylic acids is 2. The topological polar surface area (TPSA) is 101 Å². The fraction of sp³-hybridized carbons (Fsp3) is 0.310. The number of hydrogen-bond acceptors (Lipinski definition) is 6. The van der Waals surface area contributed by atoms with Gasteiger partial charge in [-0.1, -0.05) is 29.3 Å². The molecule has 0 radical (unpaired) electrons. The van der Waals surface area contributed by atoms with Crippen LogP contribution in [-0.2, 0) is 11.2 Å². The molecule has 2 unspecified atom stereocenters. The molecule has 0 aliphatic carbocycles. The smallest absolute Gasteiger partial charge is 0.319 e. The lowest BCUT2D eigenvalue weighted by Crippen LogP contribution is -3.10. The van der Waals surface area contributed by atoms with Crippen molar-refractivity contribution in [2.45, 2.75) is 32.1 Å². The van der Waals surface area contributed by atoms with E-state index in [4.69, 9.17) is 37.4 Å². The molecule has 2 atom stereocenters. The van der Waals surface area contributed by atoms with Crippen molar-refractivity contribution in [3.05, 3.63) is 86.5 Å². The molecule has 1 aliphatic heterocycles. The van der Waals surface area contributed by atoms with Gasteiger partial charge in [0.25, 0.3) is 5.91 Å². The van der Waals surface area contributed by atoms with Gasteiger partial charge in [-0.2, -0.15) is 0 Å². The Bertz CT molecular complexity index is 1330.